The molecule has 0 amide bonds. The second-order valence-electron chi connectivity index (χ2n) is 3.14. The fourth-order valence-electron chi connectivity index (χ4n) is 1.05. The van der Waals surface area contributed by atoms with Crippen molar-refractivity contribution in [2.75, 3.05) is 0 Å². The molecule has 0 aliphatic heterocycles. The SMILES string of the molecule is CC(C)O[PH](O)(O)c1ccccc1. The van der Waals surface area contributed by atoms with Crippen molar-refractivity contribution >= 4 is 13.2 Å². The number of rotatable bonds is 3. The van der Waals surface area contributed by atoms with E-state index in [4.69, 9.17) is 4.52 Å². The van der Waals surface area contributed by atoms with Gasteiger partial charge in [0.1, 0.15) is 0 Å². The van der Waals surface area contributed by atoms with E-state index in [9.17, 15) is 9.79 Å². The summed E-state index contributed by atoms with van der Waals surface area (Å²) >= 11 is 0. The van der Waals surface area contributed by atoms with Gasteiger partial charge in [-0.25, -0.2) is 0 Å². The van der Waals surface area contributed by atoms with Crippen molar-refractivity contribution in [2.24, 2.45) is 0 Å². The molecule has 0 aliphatic rings. The topological polar surface area (TPSA) is 49.7 Å². The van der Waals surface area contributed by atoms with Gasteiger partial charge in [0.05, 0.1) is 0 Å². The average Bonchev–Trinajstić information content (AvgIpc) is 2.04. The fraction of sp³-hybridized carbons (Fsp3) is 0.333. The van der Waals surface area contributed by atoms with Crippen LogP contribution in [0.1, 0.15) is 13.8 Å². The van der Waals surface area contributed by atoms with E-state index < -0.39 is 7.94 Å². The van der Waals surface area contributed by atoms with Gasteiger partial charge in [-0.2, -0.15) is 0 Å². The summed E-state index contributed by atoms with van der Waals surface area (Å²) < 4.78 is 5.07. The summed E-state index contributed by atoms with van der Waals surface area (Å²) in [4.78, 5) is 19.3. The van der Waals surface area contributed by atoms with Crippen LogP contribution in [0.25, 0.3) is 0 Å². The Morgan fingerprint density at radius 1 is 1.15 bits per heavy atom. The Bertz CT molecular complexity index is 259. The molecule has 0 aromatic heterocycles. The fourth-order valence-corrected chi connectivity index (χ4v) is 2.47. The van der Waals surface area contributed by atoms with Crippen LogP contribution < -0.4 is 5.30 Å². The molecule has 0 fully saturated rings. The van der Waals surface area contributed by atoms with Gasteiger partial charge in [0.2, 0.25) is 0 Å². The van der Waals surface area contributed by atoms with Gasteiger partial charge in [-0.15, -0.1) is 0 Å². The third kappa shape index (κ3) is 3.05. The van der Waals surface area contributed by atoms with Gasteiger partial charge in [0.15, 0.2) is 0 Å². The van der Waals surface area contributed by atoms with E-state index in [-0.39, 0.29) is 6.10 Å². The molecule has 0 unspecified atom stereocenters. The van der Waals surface area contributed by atoms with Gasteiger partial charge < -0.3 is 0 Å². The Morgan fingerprint density at radius 3 is 2.15 bits per heavy atom. The maximum atomic E-state index is 9.63. The number of hydrogen-bond acceptors (Lipinski definition) is 3. The molecule has 0 saturated heterocycles. The summed E-state index contributed by atoms with van der Waals surface area (Å²) in [6, 6.07) is 8.66. The molecule has 0 atom stereocenters. The molecule has 0 aliphatic carbocycles. The molecule has 4 heteroatoms. The van der Waals surface area contributed by atoms with E-state index in [1.165, 1.54) is 0 Å². The zero-order valence-electron chi connectivity index (χ0n) is 7.77. The molecule has 3 nitrogen and oxygen atoms in total. The van der Waals surface area contributed by atoms with Crippen LogP contribution in [0, 0.1) is 0 Å². The minimum atomic E-state index is -3.64. The summed E-state index contributed by atoms with van der Waals surface area (Å²) in [5.41, 5.74) is 0. The van der Waals surface area contributed by atoms with Crippen LogP contribution in [0.15, 0.2) is 30.3 Å². The van der Waals surface area contributed by atoms with Crippen molar-refractivity contribution in [2.45, 2.75) is 20.0 Å². The summed E-state index contributed by atoms with van der Waals surface area (Å²) in [5, 5.41) is 0.476. The van der Waals surface area contributed by atoms with Crippen LogP contribution in [-0.2, 0) is 4.52 Å². The molecule has 74 valence electrons. The molecule has 0 heterocycles. The Hall–Kier alpha value is -0.470. The molecule has 0 bridgehead atoms. The standard InChI is InChI=1S/C9H15O3P/c1-8(2)12-13(10,11)9-6-4-3-5-7-9/h3-8,10-11,13H,1-2H3. The number of benzene rings is 1. The monoisotopic (exact) mass is 202 g/mol. The number of hydrogen-bond donors (Lipinski definition) is 2. The van der Waals surface area contributed by atoms with E-state index in [1.54, 1.807) is 38.1 Å². The van der Waals surface area contributed by atoms with Gasteiger partial charge in [-0.05, 0) is 0 Å². The average molecular weight is 202 g/mol. The Labute approximate surface area is 78.6 Å². The molecule has 0 saturated carbocycles. The van der Waals surface area contributed by atoms with Gasteiger partial charge >= 0.3 is 77.8 Å². The zero-order valence-corrected chi connectivity index (χ0v) is 8.77. The predicted molar refractivity (Wildman–Crippen MR) is 55.0 cm³/mol. The molecule has 1 rings (SSSR count). The van der Waals surface area contributed by atoms with E-state index >= 15 is 0 Å². The summed E-state index contributed by atoms with van der Waals surface area (Å²) in [6.45, 7) is 3.55. The third-order valence-electron chi connectivity index (χ3n) is 1.55. The van der Waals surface area contributed by atoms with Crippen LogP contribution in [0.2, 0.25) is 0 Å². The van der Waals surface area contributed by atoms with Crippen molar-refractivity contribution in [3.05, 3.63) is 30.3 Å². The van der Waals surface area contributed by atoms with Crippen LogP contribution in [0.3, 0.4) is 0 Å². The first-order valence-electron chi connectivity index (χ1n) is 4.20. The van der Waals surface area contributed by atoms with Crippen molar-refractivity contribution in [1.82, 2.24) is 0 Å². The summed E-state index contributed by atoms with van der Waals surface area (Å²) in [5.74, 6) is 0. The Balaban J connectivity index is 2.81. The second-order valence-corrected chi connectivity index (χ2v) is 5.17. The molecule has 0 spiro atoms. The molecule has 2 N–H and O–H groups in total. The molecular weight excluding hydrogens is 187 g/mol. The van der Waals surface area contributed by atoms with Gasteiger partial charge in [0.25, 0.3) is 0 Å². The quantitative estimate of drug-likeness (QED) is 0.724. The first-order valence-corrected chi connectivity index (χ1v) is 6.01. The predicted octanol–water partition coefficient (Wildman–Crippen LogP) is 1.22. The van der Waals surface area contributed by atoms with Crippen LogP contribution >= 0.6 is 7.94 Å². The van der Waals surface area contributed by atoms with E-state index in [0.717, 1.165) is 0 Å². The van der Waals surface area contributed by atoms with Crippen molar-refractivity contribution in [1.29, 1.82) is 0 Å². The second kappa shape index (κ2) is 4.16. The van der Waals surface area contributed by atoms with Gasteiger partial charge in [-0.3, -0.25) is 0 Å². The molecule has 1 aromatic rings. The summed E-state index contributed by atoms with van der Waals surface area (Å²) in [6.07, 6.45) is -0.179. The van der Waals surface area contributed by atoms with Crippen molar-refractivity contribution < 1.29 is 14.3 Å². The minimum absolute atomic E-state index is 0.179. The summed E-state index contributed by atoms with van der Waals surface area (Å²) in [7, 11) is -3.64. The first-order chi connectivity index (χ1) is 6.02. The Kier molecular flexibility index (Phi) is 3.40. The molecule has 0 radical (unpaired) electrons. The van der Waals surface area contributed by atoms with E-state index in [2.05, 4.69) is 0 Å². The normalized spacial score (nSPS) is 13.3. The first kappa shape index (κ1) is 10.6. The zero-order chi connectivity index (χ0) is 9.90. The van der Waals surface area contributed by atoms with Crippen molar-refractivity contribution in [3.8, 4) is 0 Å². The third-order valence-corrected chi connectivity index (χ3v) is 3.44. The van der Waals surface area contributed by atoms with Crippen LogP contribution in [-0.4, -0.2) is 15.9 Å². The Morgan fingerprint density at radius 2 is 1.69 bits per heavy atom. The van der Waals surface area contributed by atoms with Crippen LogP contribution in [0.5, 0.6) is 0 Å². The van der Waals surface area contributed by atoms with E-state index in [0.29, 0.717) is 5.30 Å². The molecule has 13 heavy (non-hydrogen) atoms. The van der Waals surface area contributed by atoms with Crippen LogP contribution in [0.4, 0.5) is 0 Å². The van der Waals surface area contributed by atoms with Crippen molar-refractivity contribution in [3.63, 3.8) is 0 Å². The van der Waals surface area contributed by atoms with Gasteiger partial charge in [0, 0.05) is 0 Å². The van der Waals surface area contributed by atoms with E-state index in [1.807, 2.05) is 6.07 Å². The van der Waals surface area contributed by atoms with Gasteiger partial charge in [-0.1, -0.05) is 0 Å². The molecular formula is C9H15O3P. The maximum absolute atomic E-state index is 9.63. The molecule has 1 aromatic carbocycles.